The summed E-state index contributed by atoms with van der Waals surface area (Å²) in [6.07, 6.45) is 11.4. The zero-order chi connectivity index (χ0) is 24.8. The summed E-state index contributed by atoms with van der Waals surface area (Å²) < 4.78 is 0. The third kappa shape index (κ3) is 10.9. The number of hydrogen-bond donors (Lipinski definition) is 2. The van der Waals surface area contributed by atoms with E-state index in [0.29, 0.717) is 44.3 Å². The highest BCUT2D eigenvalue weighted by Gasteiger charge is 2.10. The van der Waals surface area contributed by atoms with Crippen molar-refractivity contribution in [2.45, 2.75) is 64.2 Å². The minimum Gasteiger partial charge on any atom is -0.352 e. The maximum Gasteiger partial charge on any atom is 0.252 e. The number of benzene rings is 2. The summed E-state index contributed by atoms with van der Waals surface area (Å²) in [5.41, 5.74) is 0.916. The van der Waals surface area contributed by atoms with Crippen molar-refractivity contribution in [2.24, 2.45) is 0 Å². The van der Waals surface area contributed by atoms with Crippen molar-refractivity contribution in [3.8, 4) is 0 Å². The van der Waals surface area contributed by atoms with Crippen molar-refractivity contribution in [1.29, 1.82) is 0 Å². The van der Waals surface area contributed by atoms with Crippen LogP contribution in [0.3, 0.4) is 0 Å². The predicted octanol–water partition coefficient (Wildman–Crippen LogP) is 8.36. The van der Waals surface area contributed by atoms with Gasteiger partial charge in [-0.15, -0.1) is 0 Å². The minimum atomic E-state index is -0.157. The van der Waals surface area contributed by atoms with Crippen molar-refractivity contribution < 1.29 is 9.59 Å². The molecule has 8 heteroatoms. The lowest BCUT2D eigenvalue weighted by atomic mass is 10.1. The van der Waals surface area contributed by atoms with E-state index in [0.717, 1.165) is 25.7 Å². The van der Waals surface area contributed by atoms with Crippen LogP contribution in [0.15, 0.2) is 36.4 Å². The number of carbonyl (C=O) groups excluding carboxylic acids is 2. The summed E-state index contributed by atoms with van der Waals surface area (Å²) in [5, 5.41) is 7.61. The van der Waals surface area contributed by atoms with E-state index in [1.807, 2.05) is 0 Å². The second kappa shape index (κ2) is 16.3. The van der Waals surface area contributed by atoms with Crippen LogP contribution in [-0.2, 0) is 0 Å². The summed E-state index contributed by atoms with van der Waals surface area (Å²) >= 11 is 23.8. The van der Waals surface area contributed by atoms with Gasteiger partial charge in [0.1, 0.15) is 0 Å². The topological polar surface area (TPSA) is 58.2 Å². The highest BCUT2D eigenvalue weighted by atomic mass is 35.5. The van der Waals surface area contributed by atoms with Crippen molar-refractivity contribution in [3.05, 3.63) is 67.6 Å². The first kappa shape index (κ1) is 28.8. The molecule has 0 heterocycles. The fourth-order valence-corrected chi connectivity index (χ4v) is 4.59. The zero-order valence-electron chi connectivity index (χ0n) is 19.3. The lowest BCUT2D eigenvalue weighted by Crippen LogP contribution is -2.24. The molecule has 2 aromatic carbocycles. The smallest absolute Gasteiger partial charge is 0.252 e. The molecule has 0 aliphatic heterocycles. The number of carbonyl (C=O) groups is 2. The van der Waals surface area contributed by atoms with Crippen molar-refractivity contribution >= 4 is 58.2 Å². The fourth-order valence-electron chi connectivity index (χ4n) is 3.61. The van der Waals surface area contributed by atoms with E-state index in [1.54, 1.807) is 36.4 Å². The first-order chi connectivity index (χ1) is 16.4. The van der Waals surface area contributed by atoms with Crippen LogP contribution in [0, 0.1) is 0 Å². The second-order valence-electron chi connectivity index (χ2n) is 8.30. The van der Waals surface area contributed by atoms with Crippen LogP contribution in [0.2, 0.25) is 20.1 Å². The summed E-state index contributed by atoms with van der Waals surface area (Å²) in [7, 11) is 0. The Kier molecular flexibility index (Phi) is 13.8. The average Bonchev–Trinajstić information content (AvgIpc) is 2.79. The summed E-state index contributed by atoms with van der Waals surface area (Å²) in [4.78, 5) is 24.3. The maximum absolute atomic E-state index is 12.1. The van der Waals surface area contributed by atoms with Gasteiger partial charge in [-0.3, -0.25) is 9.59 Å². The van der Waals surface area contributed by atoms with E-state index in [4.69, 9.17) is 46.4 Å². The molecule has 0 unspecified atom stereocenters. The number of amides is 2. The number of halogens is 4. The molecule has 0 aromatic heterocycles. The van der Waals surface area contributed by atoms with Crippen molar-refractivity contribution in [3.63, 3.8) is 0 Å². The Morgan fingerprint density at radius 3 is 1.18 bits per heavy atom. The van der Waals surface area contributed by atoms with Gasteiger partial charge in [-0.1, -0.05) is 97.8 Å². The first-order valence-corrected chi connectivity index (χ1v) is 13.4. The molecule has 2 N–H and O–H groups in total. The molecule has 0 radical (unpaired) electrons. The quantitative estimate of drug-likeness (QED) is 0.221. The van der Waals surface area contributed by atoms with Crippen molar-refractivity contribution in [2.75, 3.05) is 13.1 Å². The summed E-state index contributed by atoms with van der Waals surface area (Å²) in [6, 6.07) is 9.78. The molecule has 0 saturated heterocycles. The van der Waals surface area contributed by atoms with Crippen LogP contribution < -0.4 is 10.6 Å². The SMILES string of the molecule is O=C(NCCCCCCCCCCCCNC(=O)c1ccc(Cl)cc1Cl)c1ccc(Cl)cc1Cl. The highest BCUT2D eigenvalue weighted by Crippen LogP contribution is 2.22. The fraction of sp³-hybridized carbons (Fsp3) is 0.462. The Bertz CT molecular complexity index is 862. The van der Waals surface area contributed by atoms with Gasteiger partial charge in [0.05, 0.1) is 21.2 Å². The van der Waals surface area contributed by atoms with E-state index in [9.17, 15) is 9.59 Å². The molecule has 0 fully saturated rings. The number of unbranched alkanes of at least 4 members (excludes halogenated alkanes) is 9. The van der Waals surface area contributed by atoms with Gasteiger partial charge < -0.3 is 10.6 Å². The molecular weight excluding hydrogens is 514 g/mol. The van der Waals surface area contributed by atoms with E-state index >= 15 is 0 Å². The van der Waals surface area contributed by atoms with Gasteiger partial charge in [0.2, 0.25) is 0 Å². The monoisotopic (exact) mass is 544 g/mol. The standard InChI is InChI=1S/C26H32Cl4N2O2/c27-19-11-13-21(23(29)17-19)25(33)31-15-9-7-5-3-1-2-4-6-8-10-16-32-26(34)22-14-12-20(28)18-24(22)30/h11-14,17-18H,1-10,15-16H2,(H,31,33)(H,32,34). The molecule has 0 saturated carbocycles. The van der Waals surface area contributed by atoms with Crippen LogP contribution in [0.25, 0.3) is 0 Å². The maximum atomic E-state index is 12.1. The molecule has 186 valence electrons. The molecule has 0 aliphatic rings. The third-order valence-corrected chi connectivity index (χ3v) is 6.62. The van der Waals surface area contributed by atoms with Gasteiger partial charge in [0.25, 0.3) is 11.8 Å². The molecule has 34 heavy (non-hydrogen) atoms. The minimum absolute atomic E-state index is 0.157. The Morgan fingerprint density at radius 2 is 0.853 bits per heavy atom. The molecule has 2 rings (SSSR count). The third-order valence-electron chi connectivity index (χ3n) is 5.53. The van der Waals surface area contributed by atoms with Gasteiger partial charge in [-0.25, -0.2) is 0 Å². The Balaban J connectivity index is 1.39. The van der Waals surface area contributed by atoms with E-state index in [-0.39, 0.29) is 11.8 Å². The molecule has 0 atom stereocenters. The second-order valence-corrected chi connectivity index (χ2v) is 9.98. The molecular formula is C26H32Cl4N2O2. The highest BCUT2D eigenvalue weighted by molar-refractivity contribution is 6.37. The van der Waals surface area contributed by atoms with Gasteiger partial charge in [0.15, 0.2) is 0 Å². The molecule has 0 bridgehead atoms. The van der Waals surface area contributed by atoms with E-state index in [1.165, 1.54) is 38.5 Å². The van der Waals surface area contributed by atoms with Gasteiger partial charge in [-0.2, -0.15) is 0 Å². The van der Waals surface area contributed by atoms with Gasteiger partial charge >= 0.3 is 0 Å². The Morgan fingerprint density at radius 1 is 0.529 bits per heavy atom. The number of hydrogen-bond acceptors (Lipinski definition) is 2. The lowest BCUT2D eigenvalue weighted by Gasteiger charge is -2.08. The molecule has 2 aromatic rings. The van der Waals surface area contributed by atoms with Gasteiger partial charge in [-0.05, 0) is 49.2 Å². The average molecular weight is 546 g/mol. The predicted molar refractivity (Wildman–Crippen MR) is 144 cm³/mol. The van der Waals surface area contributed by atoms with E-state index in [2.05, 4.69) is 10.6 Å². The molecule has 4 nitrogen and oxygen atoms in total. The van der Waals surface area contributed by atoms with Crippen molar-refractivity contribution in [1.82, 2.24) is 10.6 Å². The molecule has 0 aliphatic carbocycles. The Labute approximate surface area is 222 Å². The lowest BCUT2D eigenvalue weighted by molar-refractivity contribution is 0.0944. The van der Waals surface area contributed by atoms with Crippen LogP contribution in [0.4, 0.5) is 0 Å². The number of nitrogens with one attached hydrogen (secondary N) is 2. The van der Waals surface area contributed by atoms with Crippen LogP contribution >= 0.6 is 46.4 Å². The largest absolute Gasteiger partial charge is 0.352 e. The zero-order valence-corrected chi connectivity index (χ0v) is 22.3. The van der Waals surface area contributed by atoms with E-state index < -0.39 is 0 Å². The van der Waals surface area contributed by atoms with Crippen LogP contribution in [0.5, 0.6) is 0 Å². The normalized spacial score (nSPS) is 10.8. The summed E-state index contributed by atoms with van der Waals surface area (Å²) in [5.74, 6) is -0.315. The first-order valence-electron chi connectivity index (χ1n) is 11.8. The molecule has 0 spiro atoms. The van der Waals surface area contributed by atoms with Crippen LogP contribution in [-0.4, -0.2) is 24.9 Å². The molecule has 2 amide bonds. The number of rotatable bonds is 15. The Hall–Kier alpha value is -1.46. The summed E-state index contributed by atoms with van der Waals surface area (Å²) in [6.45, 7) is 1.30. The van der Waals surface area contributed by atoms with Crippen LogP contribution in [0.1, 0.15) is 84.9 Å². The van der Waals surface area contributed by atoms with Gasteiger partial charge in [0, 0.05) is 23.1 Å².